The molecule has 13 heavy (non-hydrogen) atoms. The van der Waals surface area contributed by atoms with Crippen LogP contribution in [0.1, 0.15) is 46.5 Å². The molecule has 1 nitrogen and oxygen atoms in total. The average Bonchev–Trinajstić information content (AvgIpc) is 2.15. The van der Waals surface area contributed by atoms with Crippen molar-refractivity contribution in [3.05, 3.63) is 0 Å². The molecule has 0 heterocycles. The first kappa shape index (κ1) is 13.8. The molecule has 0 rings (SSSR count). The van der Waals surface area contributed by atoms with Crippen molar-refractivity contribution >= 4 is 18.8 Å². The van der Waals surface area contributed by atoms with E-state index in [-0.39, 0.29) is 0 Å². The van der Waals surface area contributed by atoms with E-state index in [1.165, 1.54) is 39.0 Å². The van der Waals surface area contributed by atoms with Crippen molar-refractivity contribution in [2.24, 2.45) is 0 Å². The Bertz CT molecular complexity index is 109. The molecule has 0 saturated carbocycles. The van der Waals surface area contributed by atoms with Crippen molar-refractivity contribution in [3.8, 4) is 0 Å². The summed E-state index contributed by atoms with van der Waals surface area (Å²) >= 11 is -2.05. The van der Waals surface area contributed by atoms with Crippen LogP contribution in [-0.4, -0.2) is 25.9 Å². The molecule has 0 spiro atoms. The van der Waals surface area contributed by atoms with Crippen molar-refractivity contribution in [3.63, 3.8) is 0 Å². The maximum absolute atomic E-state index is 5.93. The minimum atomic E-state index is -2.05. The molecular formula is C11H26OSn. The van der Waals surface area contributed by atoms with E-state index >= 15 is 0 Å². The van der Waals surface area contributed by atoms with Crippen LogP contribution in [0, 0.1) is 0 Å². The molecule has 0 unspecified atom stereocenters. The standard InChI is InChI=1S/C4H9.2C3H7.CH3O.Sn/c1-3-4-2;2*1-3-2;1-2;/h1,3-4H2,2H3;2*1,3H2,2H3;1H3;/q;;;-1;+1. The van der Waals surface area contributed by atoms with E-state index in [1.807, 2.05) is 7.11 Å². The van der Waals surface area contributed by atoms with Crippen LogP contribution < -0.4 is 0 Å². The van der Waals surface area contributed by atoms with Crippen molar-refractivity contribution in [2.75, 3.05) is 7.11 Å². The Morgan fingerprint density at radius 3 is 1.69 bits per heavy atom. The van der Waals surface area contributed by atoms with Gasteiger partial charge in [-0.15, -0.1) is 0 Å². The first-order valence-corrected chi connectivity index (χ1v) is 13.0. The normalized spacial score (nSPS) is 12.0. The molecule has 0 aliphatic rings. The van der Waals surface area contributed by atoms with Gasteiger partial charge in [0.2, 0.25) is 0 Å². The second-order valence-electron chi connectivity index (χ2n) is 3.99. The molecule has 2 heteroatoms. The minimum absolute atomic E-state index is 1.33. The van der Waals surface area contributed by atoms with Crippen LogP contribution in [0.5, 0.6) is 0 Å². The first-order chi connectivity index (χ1) is 6.24. The molecular weight excluding hydrogens is 267 g/mol. The van der Waals surface area contributed by atoms with Gasteiger partial charge in [0.25, 0.3) is 0 Å². The zero-order valence-electron chi connectivity index (χ0n) is 9.86. The monoisotopic (exact) mass is 294 g/mol. The Kier molecular flexibility index (Phi) is 8.57. The fourth-order valence-electron chi connectivity index (χ4n) is 2.09. The van der Waals surface area contributed by atoms with E-state index in [0.717, 1.165) is 0 Å². The van der Waals surface area contributed by atoms with Gasteiger partial charge in [-0.1, -0.05) is 0 Å². The summed E-state index contributed by atoms with van der Waals surface area (Å²) in [6, 6.07) is 0. The molecule has 0 radical (unpaired) electrons. The summed E-state index contributed by atoms with van der Waals surface area (Å²) in [6.07, 6.45) is 5.38. The third-order valence-corrected chi connectivity index (χ3v) is 17.0. The summed E-state index contributed by atoms with van der Waals surface area (Å²) < 4.78 is 10.2. The molecule has 0 aromatic carbocycles. The molecule has 0 N–H and O–H groups in total. The van der Waals surface area contributed by atoms with Crippen LogP contribution in [-0.2, 0) is 3.07 Å². The zero-order valence-corrected chi connectivity index (χ0v) is 12.7. The Morgan fingerprint density at radius 1 is 0.846 bits per heavy atom. The van der Waals surface area contributed by atoms with Crippen molar-refractivity contribution in [1.82, 2.24) is 0 Å². The molecule has 0 atom stereocenters. The van der Waals surface area contributed by atoms with Gasteiger partial charge in [0.05, 0.1) is 0 Å². The SMILES string of the molecule is CCC[CH2][Sn]([CH2]CC)([CH2]CC)[O]C. The van der Waals surface area contributed by atoms with Crippen molar-refractivity contribution < 1.29 is 3.07 Å². The molecule has 0 aliphatic carbocycles. The topological polar surface area (TPSA) is 9.23 Å². The van der Waals surface area contributed by atoms with Gasteiger partial charge in [-0.2, -0.15) is 0 Å². The summed E-state index contributed by atoms with van der Waals surface area (Å²) in [5.41, 5.74) is 0. The Hall–Kier alpha value is 0.759. The predicted octanol–water partition coefficient (Wildman–Crippen LogP) is 4.20. The molecule has 0 saturated heterocycles. The fourth-order valence-corrected chi connectivity index (χ4v) is 14.0. The fraction of sp³-hybridized carbons (Fsp3) is 1.00. The molecule has 0 fully saturated rings. The van der Waals surface area contributed by atoms with Gasteiger partial charge >= 0.3 is 88.7 Å². The Labute approximate surface area is 88.7 Å². The van der Waals surface area contributed by atoms with Crippen LogP contribution in [0.4, 0.5) is 0 Å². The van der Waals surface area contributed by atoms with Crippen LogP contribution in [0.25, 0.3) is 0 Å². The van der Waals surface area contributed by atoms with Crippen LogP contribution in [0.2, 0.25) is 13.3 Å². The van der Waals surface area contributed by atoms with E-state index in [1.54, 1.807) is 0 Å². The number of hydrogen-bond acceptors (Lipinski definition) is 1. The van der Waals surface area contributed by atoms with E-state index in [9.17, 15) is 0 Å². The van der Waals surface area contributed by atoms with E-state index in [2.05, 4.69) is 20.8 Å². The van der Waals surface area contributed by atoms with Gasteiger partial charge in [-0.05, 0) is 0 Å². The molecule has 0 aromatic heterocycles. The molecule has 0 aromatic rings. The second kappa shape index (κ2) is 8.10. The van der Waals surface area contributed by atoms with E-state index in [4.69, 9.17) is 3.07 Å². The Balaban J connectivity index is 4.07. The number of rotatable bonds is 8. The maximum atomic E-state index is 5.93. The van der Waals surface area contributed by atoms with Gasteiger partial charge in [0, 0.05) is 0 Å². The van der Waals surface area contributed by atoms with Crippen LogP contribution >= 0.6 is 0 Å². The van der Waals surface area contributed by atoms with Gasteiger partial charge in [-0.25, -0.2) is 0 Å². The van der Waals surface area contributed by atoms with Gasteiger partial charge in [0.15, 0.2) is 0 Å². The zero-order chi connectivity index (χ0) is 10.2. The van der Waals surface area contributed by atoms with Gasteiger partial charge < -0.3 is 0 Å². The summed E-state index contributed by atoms with van der Waals surface area (Å²) in [7, 11) is 1.97. The van der Waals surface area contributed by atoms with E-state index < -0.39 is 18.8 Å². The quantitative estimate of drug-likeness (QED) is 0.609. The summed E-state index contributed by atoms with van der Waals surface area (Å²) in [5.74, 6) is 0. The first-order valence-electron chi connectivity index (χ1n) is 5.79. The van der Waals surface area contributed by atoms with Crippen LogP contribution in [0.15, 0.2) is 0 Å². The molecule has 0 aliphatic heterocycles. The molecule has 80 valence electrons. The summed E-state index contributed by atoms with van der Waals surface area (Å²) in [4.78, 5) is 0. The second-order valence-corrected chi connectivity index (χ2v) is 16.2. The van der Waals surface area contributed by atoms with Crippen molar-refractivity contribution in [1.29, 1.82) is 0 Å². The molecule has 0 amide bonds. The van der Waals surface area contributed by atoms with E-state index in [0.29, 0.717) is 0 Å². The number of unbranched alkanes of at least 4 members (excludes halogenated alkanes) is 1. The third-order valence-electron chi connectivity index (χ3n) is 2.83. The van der Waals surface area contributed by atoms with Gasteiger partial charge in [-0.3, -0.25) is 0 Å². The van der Waals surface area contributed by atoms with Crippen LogP contribution in [0.3, 0.4) is 0 Å². The summed E-state index contributed by atoms with van der Waals surface area (Å²) in [6.45, 7) is 6.88. The molecule has 0 bridgehead atoms. The van der Waals surface area contributed by atoms with Gasteiger partial charge in [0.1, 0.15) is 0 Å². The number of hydrogen-bond donors (Lipinski definition) is 0. The Morgan fingerprint density at radius 2 is 1.38 bits per heavy atom. The predicted molar refractivity (Wildman–Crippen MR) is 62.7 cm³/mol. The average molecular weight is 293 g/mol. The van der Waals surface area contributed by atoms with Crippen molar-refractivity contribution in [2.45, 2.75) is 59.8 Å². The summed E-state index contributed by atoms with van der Waals surface area (Å²) in [5, 5.41) is 0. The third kappa shape index (κ3) is 5.26.